The van der Waals surface area contributed by atoms with Crippen LogP contribution in [0.15, 0.2) is 18.2 Å². The maximum absolute atomic E-state index is 12.2. The summed E-state index contributed by atoms with van der Waals surface area (Å²) in [5.41, 5.74) is -0.0748. The van der Waals surface area contributed by atoms with Gasteiger partial charge in [0.2, 0.25) is 5.91 Å². The summed E-state index contributed by atoms with van der Waals surface area (Å²) in [6.07, 6.45) is 1.72. The molecule has 1 saturated heterocycles. The molecule has 1 aromatic rings. The fourth-order valence-corrected chi connectivity index (χ4v) is 2.33. The van der Waals surface area contributed by atoms with Crippen LogP contribution < -0.4 is 10.6 Å². The second-order valence-corrected chi connectivity index (χ2v) is 5.22. The summed E-state index contributed by atoms with van der Waals surface area (Å²) in [5.74, 6) is -1.21. The predicted octanol–water partition coefficient (Wildman–Crippen LogP) is 2.12. The van der Waals surface area contributed by atoms with Crippen molar-refractivity contribution in [2.24, 2.45) is 0 Å². The van der Waals surface area contributed by atoms with Gasteiger partial charge >= 0.3 is 5.97 Å². The Morgan fingerprint density at radius 2 is 2.21 bits per heavy atom. The van der Waals surface area contributed by atoms with Gasteiger partial charge in [-0.05, 0) is 44.5 Å². The van der Waals surface area contributed by atoms with Gasteiger partial charge in [-0.2, -0.15) is 0 Å². The van der Waals surface area contributed by atoms with Gasteiger partial charge in [-0.15, -0.1) is 0 Å². The van der Waals surface area contributed by atoms with E-state index >= 15 is 0 Å². The van der Waals surface area contributed by atoms with Crippen molar-refractivity contribution in [3.05, 3.63) is 28.8 Å². The zero-order valence-electron chi connectivity index (χ0n) is 10.5. The molecule has 1 amide bonds. The first-order valence-electron chi connectivity index (χ1n) is 6.02. The molecule has 0 spiro atoms. The van der Waals surface area contributed by atoms with E-state index in [-0.39, 0.29) is 16.5 Å². The molecule has 1 heterocycles. The Bertz CT molecular complexity index is 525. The van der Waals surface area contributed by atoms with Crippen LogP contribution in [0.1, 0.15) is 30.1 Å². The van der Waals surface area contributed by atoms with Crippen molar-refractivity contribution in [1.82, 2.24) is 5.32 Å². The first-order valence-corrected chi connectivity index (χ1v) is 6.39. The topological polar surface area (TPSA) is 78.4 Å². The van der Waals surface area contributed by atoms with E-state index in [9.17, 15) is 9.59 Å². The molecule has 0 saturated carbocycles. The van der Waals surface area contributed by atoms with Gasteiger partial charge in [0.05, 0.1) is 21.8 Å². The summed E-state index contributed by atoms with van der Waals surface area (Å²) in [4.78, 5) is 22.9. The van der Waals surface area contributed by atoms with Gasteiger partial charge in [0.1, 0.15) is 0 Å². The molecule has 1 aliphatic heterocycles. The summed E-state index contributed by atoms with van der Waals surface area (Å²) >= 11 is 5.97. The van der Waals surface area contributed by atoms with Crippen LogP contribution in [0.5, 0.6) is 0 Å². The maximum Gasteiger partial charge on any atom is 0.335 e. The SMILES string of the molecule is CC1(C(=O)Nc2ccc(C(=O)O)cc2Cl)CCCN1. The Kier molecular flexibility index (Phi) is 3.78. The van der Waals surface area contributed by atoms with Gasteiger partial charge in [-0.3, -0.25) is 4.79 Å². The fourth-order valence-electron chi connectivity index (χ4n) is 2.10. The number of carbonyl (C=O) groups excluding carboxylic acids is 1. The molecule has 19 heavy (non-hydrogen) atoms. The van der Waals surface area contributed by atoms with Gasteiger partial charge < -0.3 is 15.7 Å². The highest BCUT2D eigenvalue weighted by Crippen LogP contribution is 2.26. The van der Waals surface area contributed by atoms with E-state index in [1.165, 1.54) is 18.2 Å². The highest BCUT2D eigenvalue weighted by atomic mass is 35.5. The number of anilines is 1. The molecule has 1 aliphatic rings. The van der Waals surface area contributed by atoms with Crippen LogP contribution in [0.2, 0.25) is 5.02 Å². The van der Waals surface area contributed by atoms with Crippen LogP contribution in [-0.2, 0) is 4.79 Å². The minimum atomic E-state index is -1.05. The zero-order chi connectivity index (χ0) is 14.0. The molecular formula is C13H15ClN2O3. The Morgan fingerprint density at radius 1 is 1.47 bits per heavy atom. The first-order chi connectivity index (χ1) is 8.92. The second kappa shape index (κ2) is 5.19. The third kappa shape index (κ3) is 2.88. The van der Waals surface area contributed by atoms with Gasteiger partial charge in [0.15, 0.2) is 0 Å². The van der Waals surface area contributed by atoms with Crippen LogP contribution in [0, 0.1) is 0 Å². The standard InChI is InChI=1S/C13H15ClN2O3/c1-13(5-2-6-15-13)12(19)16-10-4-3-8(11(17)18)7-9(10)14/h3-4,7,15H,2,5-6H2,1H3,(H,16,19)(H,17,18). The van der Waals surface area contributed by atoms with Gasteiger partial charge in [0.25, 0.3) is 0 Å². The number of hydrogen-bond acceptors (Lipinski definition) is 3. The van der Waals surface area contributed by atoms with E-state index in [1.54, 1.807) is 0 Å². The average Bonchev–Trinajstić information content (AvgIpc) is 2.80. The Balaban J connectivity index is 2.15. The van der Waals surface area contributed by atoms with Gasteiger partial charge in [-0.1, -0.05) is 11.6 Å². The number of carboxylic acids is 1. The lowest BCUT2D eigenvalue weighted by molar-refractivity contribution is -0.121. The Morgan fingerprint density at radius 3 is 2.74 bits per heavy atom. The number of rotatable bonds is 3. The van der Waals surface area contributed by atoms with E-state index in [4.69, 9.17) is 16.7 Å². The predicted molar refractivity (Wildman–Crippen MR) is 72.7 cm³/mol. The van der Waals surface area contributed by atoms with Crippen molar-refractivity contribution in [2.75, 3.05) is 11.9 Å². The third-order valence-electron chi connectivity index (χ3n) is 3.33. The molecule has 6 heteroatoms. The monoisotopic (exact) mass is 282 g/mol. The van der Waals surface area contributed by atoms with Gasteiger partial charge in [-0.25, -0.2) is 4.79 Å². The lowest BCUT2D eigenvalue weighted by atomic mass is 9.99. The minimum absolute atomic E-state index is 0.0909. The number of amides is 1. The normalized spacial score (nSPS) is 22.2. The van der Waals surface area contributed by atoms with Crippen molar-refractivity contribution in [2.45, 2.75) is 25.3 Å². The molecule has 0 radical (unpaired) electrons. The summed E-state index contributed by atoms with van der Waals surface area (Å²) in [5, 5.41) is 14.9. The number of aromatic carboxylic acids is 1. The van der Waals surface area contributed by atoms with Crippen molar-refractivity contribution in [1.29, 1.82) is 0 Å². The molecule has 0 bridgehead atoms. The molecule has 1 atom stereocenters. The Hall–Kier alpha value is -1.59. The number of carbonyl (C=O) groups is 2. The molecule has 1 aromatic carbocycles. The number of benzene rings is 1. The number of hydrogen-bond donors (Lipinski definition) is 3. The smallest absolute Gasteiger partial charge is 0.335 e. The van der Waals surface area contributed by atoms with Crippen molar-refractivity contribution in [3.63, 3.8) is 0 Å². The first kappa shape index (κ1) is 13.8. The van der Waals surface area contributed by atoms with E-state index in [1.807, 2.05) is 6.92 Å². The van der Waals surface area contributed by atoms with Crippen molar-refractivity contribution in [3.8, 4) is 0 Å². The third-order valence-corrected chi connectivity index (χ3v) is 3.65. The molecule has 102 valence electrons. The van der Waals surface area contributed by atoms with Gasteiger partial charge in [0, 0.05) is 0 Å². The average molecular weight is 283 g/mol. The quantitative estimate of drug-likeness (QED) is 0.793. The van der Waals surface area contributed by atoms with E-state index < -0.39 is 11.5 Å². The molecule has 3 N–H and O–H groups in total. The Labute approximate surface area is 116 Å². The summed E-state index contributed by atoms with van der Waals surface area (Å²) < 4.78 is 0. The van der Waals surface area contributed by atoms with E-state index in [0.717, 1.165) is 19.4 Å². The number of nitrogens with one attached hydrogen (secondary N) is 2. The maximum atomic E-state index is 12.2. The largest absolute Gasteiger partial charge is 0.478 e. The molecule has 5 nitrogen and oxygen atoms in total. The van der Waals surface area contributed by atoms with Crippen LogP contribution in [0.25, 0.3) is 0 Å². The molecule has 2 rings (SSSR count). The highest BCUT2D eigenvalue weighted by molar-refractivity contribution is 6.34. The lowest BCUT2D eigenvalue weighted by Gasteiger charge is -2.23. The van der Waals surface area contributed by atoms with Crippen LogP contribution in [-0.4, -0.2) is 29.1 Å². The van der Waals surface area contributed by atoms with E-state index in [0.29, 0.717) is 5.69 Å². The molecule has 0 aliphatic carbocycles. The zero-order valence-corrected chi connectivity index (χ0v) is 11.3. The van der Waals surface area contributed by atoms with Crippen molar-refractivity contribution < 1.29 is 14.7 Å². The summed E-state index contributed by atoms with van der Waals surface area (Å²) in [7, 11) is 0. The lowest BCUT2D eigenvalue weighted by Crippen LogP contribution is -2.48. The second-order valence-electron chi connectivity index (χ2n) is 4.82. The fraction of sp³-hybridized carbons (Fsp3) is 0.385. The summed E-state index contributed by atoms with van der Waals surface area (Å²) in [6, 6.07) is 4.24. The summed E-state index contributed by atoms with van der Waals surface area (Å²) in [6.45, 7) is 2.66. The van der Waals surface area contributed by atoms with Crippen molar-refractivity contribution >= 4 is 29.2 Å². The van der Waals surface area contributed by atoms with Crippen LogP contribution >= 0.6 is 11.6 Å². The minimum Gasteiger partial charge on any atom is -0.478 e. The molecule has 0 aromatic heterocycles. The van der Waals surface area contributed by atoms with Crippen LogP contribution in [0.4, 0.5) is 5.69 Å². The molecule has 1 unspecified atom stereocenters. The van der Waals surface area contributed by atoms with Crippen LogP contribution in [0.3, 0.4) is 0 Å². The highest BCUT2D eigenvalue weighted by Gasteiger charge is 2.36. The molecular weight excluding hydrogens is 268 g/mol. The number of halogens is 1. The number of carboxylic acid groups (broad SMARTS) is 1. The van der Waals surface area contributed by atoms with E-state index in [2.05, 4.69) is 10.6 Å². The molecule has 1 fully saturated rings.